The average Bonchev–Trinajstić information content (AvgIpc) is 2.57. The SMILES string of the molecule is Cc1cccc(CC(CNC(=O)c2ccc(S(C)(=O)=O)cc2)C(=O)O)c1. The van der Waals surface area contributed by atoms with Gasteiger partial charge in [-0.05, 0) is 43.2 Å². The lowest BCUT2D eigenvalue weighted by Crippen LogP contribution is -2.34. The molecule has 0 saturated carbocycles. The maximum Gasteiger partial charge on any atom is 0.308 e. The Balaban J connectivity index is 2.02. The lowest BCUT2D eigenvalue weighted by molar-refractivity contribution is -0.141. The summed E-state index contributed by atoms with van der Waals surface area (Å²) in [5.41, 5.74) is 2.21. The molecule has 0 radical (unpaired) electrons. The molecule has 2 aromatic rings. The number of carboxylic acid groups (broad SMARTS) is 1. The van der Waals surface area contributed by atoms with Crippen LogP contribution in [0.5, 0.6) is 0 Å². The van der Waals surface area contributed by atoms with Crippen LogP contribution in [0.2, 0.25) is 0 Å². The van der Waals surface area contributed by atoms with Crippen molar-refractivity contribution in [2.75, 3.05) is 12.8 Å². The van der Waals surface area contributed by atoms with Crippen LogP contribution in [0.3, 0.4) is 0 Å². The number of carboxylic acids is 1. The van der Waals surface area contributed by atoms with E-state index in [-0.39, 0.29) is 17.0 Å². The molecule has 0 aliphatic carbocycles. The molecule has 7 heteroatoms. The van der Waals surface area contributed by atoms with E-state index in [2.05, 4.69) is 5.32 Å². The molecule has 138 valence electrons. The van der Waals surface area contributed by atoms with Crippen molar-refractivity contribution in [3.63, 3.8) is 0 Å². The van der Waals surface area contributed by atoms with Crippen molar-refractivity contribution in [1.29, 1.82) is 0 Å². The molecule has 0 bridgehead atoms. The maximum atomic E-state index is 12.2. The molecule has 2 rings (SSSR count). The van der Waals surface area contributed by atoms with Crippen LogP contribution in [0.15, 0.2) is 53.4 Å². The first-order valence-electron chi connectivity index (χ1n) is 8.03. The highest BCUT2D eigenvalue weighted by molar-refractivity contribution is 7.90. The first-order valence-corrected chi connectivity index (χ1v) is 9.92. The highest BCUT2D eigenvalue weighted by Gasteiger charge is 2.19. The average molecular weight is 375 g/mol. The van der Waals surface area contributed by atoms with Crippen molar-refractivity contribution >= 4 is 21.7 Å². The van der Waals surface area contributed by atoms with Crippen LogP contribution < -0.4 is 5.32 Å². The Hall–Kier alpha value is -2.67. The van der Waals surface area contributed by atoms with Gasteiger partial charge in [-0.2, -0.15) is 0 Å². The fourth-order valence-electron chi connectivity index (χ4n) is 2.54. The van der Waals surface area contributed by atoms with E-state index in [0.717, 1.165) is 17.4 Å². The first-order chi connectivity index (χ1) is 12.2. The summed E-state index contributed by atoms with van der Waals surface area (Å²) in [5, 5.41) is 12.0. The maximum absolute atomic E-state index is 12.2. The zero-order valence-corrected chi connectivity index (χ0v) is 15.4. The van der Waals surface area contributed by atoms with Crippen LogP contribution in [0.25, 0.3) is 0 Å². The van der Waals surface area contributed by atoms with E-state index in [0.29, 0.717) is 6.42 Å². The molecule has 0 spiro atoms. The topological polar surface area (TPSA) is 101 Å². The van der Waals surface area contributed by atoms with Gasteiger partial charge in [0.25, 0.3) is 5.91 Å². The number of hydrogen-bond acceptors (Lipinski definition) is 4. The smallest absolute Gasteiger partial charge is 0.308 e. The second-order valence-corrected chi connectivity index (χ2v) is 8.25. The van der Waals surface area contributed by atoms with E-state index < -0.39 is 27.6 Å². The molecule has 0 saturated heterocycles. The van der Waals surface area contributed by atoms with E-state index in [9.17, 15) is 23.1 Å². The van der Waals surface area contributed by atoms with Gasteiger partial charge in [-0.1, -0.05) is 29.8 Å². The Kier molecular flexibility index (Phi) is 6.15. The van der Waals surface area contributed by atoms with Gasteiger partial charge in [0.05, 0.1) is 10.8 Å². The number of nitrogens with one attached hydrogen (secondary N) is 1. The first kappa shape index (κ1) is 19.7. The molecule has 0 fully saturated rings. The Morgan fingerprint density at radius 2 is 1.77 bits per heavy atom. The van der Waals surface area contributed by atoms with Crippen molar-refractivity contribution in [3.05, 3.63) is 65.2 Å². The molecule has 6 nitrogen and oxygen atoms in total. The fourth-order valence-corrected chi connectivity index (χ4v) is 3.17. The molecular formula is C19H21NO5S. The van der Waals surface area contributed by atoms with Gasteiger partial charge in [-0.15, -0.1) is 0 Å². The predicted molar refractivity (Wildman–Crippen MR) is 97.9 cm³/mol. The van der Waals surface area contributed by atoms with Crippen LogP contribution in [0.1, 0.15) is 21.5 Å². The summed E-state index contributed by atoms with van der Waals surface area (Å²) < 4.78 is 22.9. The molecular weight excluding hydrogens is 354 g/mol. The van der Waals surface area contributed by atoms with Crippen molar-refractivity contribution in [2.45, 2.75) is 18.2 Å². The molecule has 26 heavy (non-hydrogen) atoms. The minimum Gasteiger partial charge on any atom is -0.481 e. The lowest BCUT2D eigenvalue weighted by Gasteiger charge is -2.14. The van der Waals surface area contributed by atoms with E-state index in [1.807, 2.05) is 31.2 Å². The van der Waals surface area contributed by atoms with Gasteiger partial charge in [0.15, 0.2) is 9.84 Å². The van der Waals surface area contributed by atoms with Gasteiger partial charge in [0.1, 0.15) is 0 Å². The summed E-state index contributed by atoms with van der Waals surface area (Å²) in [6, 6.07) is 13.1. The number of benzene rings is 2. The van der Waals surface area contributed by atoms with Crippen LogP contribution in [0, 0.1) is 12.8 Å². The molecule has 2 N–H and O–H groups in total. The Morgan fingerprint density at radius 1 is 1.12 bits per heavy atom. The summed E-state index contributed by atoms with van der Waals surface area (Å²) in [5.74, 6) is -2.18. The van der Waals surface area contributed by atoms with Gasteiger partial charge in [-0.25, -0.2) is 8.42 Å². The zero-order chi connectivity index (χ0) is 19.3. The minimum absolute atomic E-state index is 0.0179. The number of amides is 1. The normalized spacial score (nSPS) is 12.4. The molecule has 0 aliphatic heterocycles. The molecule has 0 aliphatic rings. The molecule has 1 unspecified atom stereocenters. The van der Waals surface area contributed by atoms with Crippen molar-refractivity contribution in [1.82, 2.24) is 5.32 Å². The van der Waals surface area contributed by atoms with Gasteiger partial charge < -0.3 is 10.4 Å². The molecule has 0 aromatic heterocycles. The number of hydrogen-bond donors (Lipinski definition) is 2. The third kappa shape index (κ3) is 5.42. The zero-order valence-electron chi connectivity index (χ0n) is 14.6. The number of rotatable bonds is 7. The van der Waals surface area contributed by atoms with Gasteiger partial charge >= 0.3 is 5.97 Å². The van der Waals surface area contributed by atoms with Crippen molar-refractivity contribution in [3.8, 4) is 0 Å². The highest BCUT2D eigenvalue weighted by atomic mass is 32.2. The van der Waals surface area contributed by atoms with E-state index in [4.69, 9.17) is 0 Å². The summed E-state index contributed by atoms with van der Waals surface area (Å²) in [7, 11) is -3.33. The number of sulfone groups is 1. The Morgan fingerprint density at radius 3 is 2.31 bits per heavy atom. The number of aryl methyl sites for hydroxylation is 1. The Labute approximate surface area is 152 Å². The highest BCUT2D eigenvalue weighted by Crippen LogP contribution is 2.13. The van der Waals surface area contributed by atoms with Gasteiger partial charge in [0.2, 0.25) is 0 Å². The summed E-state index contributed by atoms with van der Waals surface area (Å²) >= 11 is 0. The monoisotopic (exact) mass is 375 g/mol. The van der Waals surface area contributed by atoms with Crippen LogP contribution >= 0.6 is 0 Å². The second kappa shape index (κ2) is 8.14. The quantitative estimate of drug-likeness (QED) is 0.772. The largest absolute Gasteiger partial charge is 0.481 e. The summed E-state index contributed by atoms with van der Waals surface area (Å²) in [6.07, 6.45) is 1.40. The van der Waals surface area contributed by atoms with Gasteiger partial charge in [-0.3, -0.25) is 9.59 Å². The van der Waals surface area contributed by atoms with E-state index in [1.54, 1.807) is 0 Å². The predicted octanol–water partition coefficient (Wildman–Crippen LogP) is 2.07. The standard InChI is InChI=1S/C19H21NO5S/c1-13-4-3-5-14(10-13)11-16(19(22)23)12-20-18(21)15-6-8-17(9-7-15)26(2,24)25/h3-10,16H,11-12H2,1-2H3,(H,20,21)(H,22,23). The van der Waals surface area contributed by atoms with E-state index >= 15 is 0 Å². The number of aliphatic carboxylic acids is 1. The van der Waals surface area contributed by atoms with Gasteiger partial charge in [0, 0.05) is 18.4 Å². The van der Waals surface area contributed by atoms with E-state index in [1.165, 1.54) is 24.3 Å². The molecule has 0 heterocycles. The van der Waals surface area contributed by atoms with Crippen LogP contribution in [-0.2, 0) is 21.1 Å². The lowest BCUT2D eigenvalue weighted by atomic mass is 9.98. The van der Waals surface area contributed by atoms with Crippen molar-refractivity contribution in [2.24, 2.45) is 5.92 Å². The fraction of sp³-hybridized carbons (Fsp3) is 0.263. The molecule has 1 amide bonds. The summed E-state index contributed by atoms with van der Waals surface area (Å²) in [4.78, 5) is 23.8. The van der Waals surface area contributed by atoms with Crippen LogP contribution in [-0.4, -0.2) is 38.2 Å². The second-order valence-electron chi connectivity index (χ2n) is 6.23. The molecule has 2 aromatic carbocycles. The number of carbonyl (C=O) groups is 2. The third-order valence-corrected chi connectivity index (χ3v) is 5.10. The summed E-state index contributed by atoms with van der Waals surface area (Å²) in [6.45, 7) is 1.91. The van der Waals surface area contributed by atoms with Crippen LogP contribution in [0.4, 0.5) is 0 Å². The number of carbonyl (C=O) groups excluding carboxylic acids is 1. The molecule has 1 atom stereocenters. The Bertz CT molecular complexity index is 904. The minimum atomic E-state index is -3.33. The van der Waals surface area contributed by atoms with Crippen molar-refractivity contribution < 1.29 is 23.1 Å². The third-order valence-electron chi connectivity index (χ3n) is 3.97.